The molecule has 0 spiro atoms. The second-order valence-electron chi connectivity index (χ2n) is 2.41. The molecule has 0 aromatic carbocycles. The maximum Gasteiger partial charge on any atom is 0.0572 e. The van der Waals surface area contributed by atoms with Crippen molar-refractivity contribution in [2.24, 2.45) is 11.7 Å². The van der Waals surface area contributed by atoms with E-state index in [1.165, 1.54) is 10.0 Å². The molecule has 12 heavy (non-hydrogen) atoms. The molecule has 0 aliphatic rings. The average Bonchev–Trinajstić information content (AvgIpc) is 1.87. The molecule has 0 fully saturated rings. The Morgan fingerprint density at radius 2 is 1.17 bits per heavy atom. The number of rotatable bonds is 4. The van der Waals surface area contributed by atoms with E-state index in [-0.39, 0.29) is 13.2 Å². The van der Waals surface area contributed by atoms with Crippen molar-refractivity contribution in [3.05, 3.63) is 0 Å². The van der Waals surface area contributed by atoms with Crippen molar-refractivity contribution in [3.63, 3.8) is 0 Å². The van der Waals surface area contributed by atoms with Crippen LogP contribution in [-0.2, 0) is 0 Å². The second kappa shape index (κ2) is 10.8. The maximum absolute atomic E-state index is 8.12. The number of hydrogen-bond acceptors (Lipinski definition) is 6. The van der Waals surface area contributed by atoms with Gasteiger partial charge in [-0.15, -0.1) is 0 Å². The molecule has 6 nitrogen and oxygen atoms in total. The van der Waals surface area contributed by atoms with Crippen molar-refractivity contribution >= 4 is 0 Å². The topological polar surface area (TPSA) is 99.0 Å². The van der Waals surface area contributed by atoms with Crippen LogP contribution in [0.15, 0.2) is 0 Å². The smallest absolute Gasteiger partial charge is 0.0572 e. The highest BCUT2D eigenvalue weighted by Gasteiger charge is 1.81. The molecule has 0 saturated heterocycles. The van der Waals surface area contributed by atoms with Crippen LogP contribution in [0.4, 0.5) is 0 Å². The summed E-state index contributed by atoms with van der Waals surface area (Å²) in [6.45, 7) is 1.35. The number of aliphatic hydroxyl groups excluding tert-OH is 2. The van der Waals surface area contributed by atoms with Crippen molar-refractivity contribution in [1.29, 1.82) is 0 Å². The van der Waals surface area contributed by atoms with Crippen LogP contribution in [-0.4, -0.2) is 60.6 Å². The van der Waals surface area contributed by atoms with Crippen LogP contribution in [0.25, 0.3) is 0 Å². The fraction of sp³-hybridized carbons (Fsp3) is 1.00. The van der Waals surface area contributed by atoms with Gasteiger partial charge in [-0.3, -0.25) is 11.7 Å². The van der Waals surface area contributed by atoms with Crippen LogP contribution in [0.5, 0.6) is 0 Å². The lowest BCUT2D eigenvalue weighted by atomic mass is 10.7. The number of hydrazine groups is 2. The third kappa shape index (κ3) is 22.6. The molecular weight excluding hydrogens is 160 g/mol. The molecule has 6 heteroatoms. The monoisotopic (exact) mass is 180 g/mol. The molecule has 0 radical (unpaired) electrons. The Balaban J connectivity index is 0. The van der Waals surface area contributed by atoms with E-state index in [9.17, 15) is 0 Å². The van der Waals surface area contributed by atoms with Crippen LogP contribution in [0.3, 0.4) is 0 Å². The standard InChI is InChI=1S/2C3H10N2O/c2*1-5(4)2-3-6/h2*6H,2-4H2,1H3. The van der Waals surface area contributed by atoms with Crippen LogP contribution in [0, 0.1) is 0 Å². The van der Waals surface area contributed by atoms with Crippen molar-refractivity contribution in [2.45, 2.75) is 0 Å². The average molecular weight is 180 g/mol. The predicted octanol–water partition coefficient (Wildman–Crippen LogP) is -2.43. The number of aliphatic hydroxyl groups is 2. The molecule has 76 valence electrons. The van der Waals surface area contributed by atoms with Gasteiger partial charge in [0.05, 0.1) is 13.2 Å². The molecule has 0 atom stereocenters. The molecule has 0 amide bonds. The van der Waals surface area contributed by atoms with Gasteiger partial charge in [0, 0.05) is 27.2 Å². The van der Waals surface area contributed by atoms with E-state index < -0.39 is 0 Å². The molecule has 0 aromatic heterocycles. The summed E-state index contributed by atoms with van der Waals surface area (Å²) in [5.41, 5.74) is 0. The molecule has 6 N–H and O–H groups in total. The van der Waals surface area contributed by atoms with E-state index in [0.717, 1.165) is 0 Å². The summed E-state index contributed by atoms with van der Waals surface area (Å²) in [4.78, 5) is 0. The SMILES string of the molecule is CN(N)CCO.CN(N)CCO. The minimum atomic E-state index is 0.132. The predicted molar refractivity (Wildman–Crippen MR) is 47.8 cm³/mol. The molecule has 0 unspecified atom stereocenters. The van der Waals surface area contributed by atoms with Gasteiger partial charge in [-0.05, 0) is 0 Å². The minimum absolute atomic E-state index is 0.132. The van der Waals surface area contributed by atoms with Crippen molar-refractivity contribution in [1.82, 2.24) is 10.0 Å². The highest BCUT2D eigenvalue weighted by molar-refractivity contribution is 4.31. The Morgan fingerprint density at radius 1 is 0.917 bits per heavy atom. The fourth-order valence-electron chi connectivity index (χ4n) is 0.315. The molecule has 0 heterocycles. The first-order chi connectivity index (χ1) is 5.54. The maximum atomic E-state index is 8.12. The van der Waals surface area contributed by atoms with Crippen LogP contribution >= 0.6 is 0 Å². The Labute approximate surface area is 73.3 Å². The van der Waals surface area contributed by atoms with E-state index in [0.29, 0.717) is 13.1 Å². The molecule has 0 rings (SSSR count). The quantitative estimate of drug-likeness (QED) is 0.283. The molecular formula is C6H20N4O2. The van der Waals surface area contributed by atoms with Crippen LogP contribution in [0.2, 0.25) is 0 Å². The van der Waals surface area contributed by atoms with E-state index in [1.54, 1.807) is 14.1 Å². The Morgan fingerprint density at radius 3 is 1.17 bits per heavy atom. The molecule has 0 aliphatic heterocycles. The zero-order valence-electron chi connectivity index (χ0n) is 7.77. The van der Waals surface area contributed by atoms with Gasteiger partial charge in [-0.2, -0.15) is 0 Å². The van der Waals surface area contributed by atoms with Gasteiger partial charge in [0.2, 0.25) is 0 Å². The molecule has 0 aromatic rings. The van der Waals surface area contributed by atoms with Gasteiger partial charge in [0.25, 0.3) is 0 Å². The summed E-state index contributed by atoms with van der Waals surface area (Å²) >= 11 is 0. The highest BCUT2D eigenvalue weighted by Crippen LogP contribution is 1.61. The fourth-order valence-corrected chi connectivity index (χ4v) is 0.315. The molecule has 0 bridgehead atoms. The normalized spacial score (nSPS) is 10.0. The first kappa shape index (κ1) is 14.3. The van der Waals surface area contributed by atoms with Gasteiger partial charge in [0.15, 0.2) is 0 Å². The van der Waals surface area contributed by atoms with Gasteiger partial charge in [-0.25, -0.2) is 10.0 Å². The Kier molecular flexibility index (Phi) is 12.8. The molecule has 0 saturated carbocycles. The van der Waals surface area contributed by atoms with Crippen LogP contribution in [0.1, 0.15) is 0 Å². The van der Waals surface area contributed by atoms with Gasteiger partial charge in [-0.1, -0.05) is 0 Å². The lowest BCUT2D eigenvalue weighted by molar-refractivity contribution is 0.224. The van der Waals surface area contributed by atoms with E-state index in [4.69, 9.17) is 21.9 Å². The van der Waals surface area contributed by atoms with Crippen molar-refractivity contribution in [2.75, 3.05) is 40.4 Å². The van der Waals surface area contributed by atoms with Gasteiger partial charge < -0.3 is 10.2 Å². The van der Waals surface area contributed by atoms with E-state index >= 15 is 0 Å². The third-order valence-corrected chi connectivity index (χ3v) is 0.905. The zero-order chi connectivity index (χ0) is 9.98. The van der Waals surface area contributed by atoms with Crippen LogP contribution < -0.4 is 11.7 Å². The first-order valence-corrected chi connectivity index (χ1v) is 3.68. The summed E-state index contributed by atoms with van der Waals surface area (Å²) in [6, 6.07) is 0. The van der Waals surface area contributed by atoms with Crippen molar-refractivity contribution < 1.29 is 10.2 Å². The van der Waals surface area contributed by atoms with Gasteiger partial charge >= 0.3 is 0 Å². The largest absolute Gasteiger partial charge is 0.395 e. The number of hydrogen-bond donors (Lipinski definition) is 4. The summed E-state index contributed by atoms with van der Waals surface area (Å²) in [5, 5.41) is 19.1. The summed E-state index contributed by atoms with van der Waals surface area (Å²) in [7, 11) is 3.41. The Bertz CT molecular complexity index is 69.9. The second-order valence-corrected chi connectivity index (χ2v) is 2.41. The minimum Gasteiger partial charge on any atom is -0.395 e. The zero-order valence-corrected chi connectivity index (χ0v) is 7.77. The summed E-state index contributed by atoms with van der Waals surface area (Å²) in [5.74, 6) is 10.2. The van der Waals surface area contributed by atoms with E-state index in [2.05, 4.69) is 0 Å². The summed E-state index contributed by atoms with van der Waals surface area (Å²) < 4.78 is 0. The lowest BCUT2D eigenvalue weighted by Crippen LogP contribution is -2.28. The van der Waals surface area contributed by atoms with E-state index in [1.807, 2.05) is 0 Å². The Hall–Kier alpha value is -0.240. The first-order valence-electron chi connectivity index (χ1n) is 3.68. The van der Waals surface area contributed by atoms with Gasteiger partial charge in [0.1, 0.15) is 0 Å². The number of likely N-dealkylation sites (N-methyl/N-ethyl adjacent to an activating group) is 2. The summed E-state index contributed by atoms with van der Waals surface area (Å²) in [6.07, 6.45) is 0. The van der Waals surface area contributed by atoms with Crippen molar-refractivity contribution in [3.8, 4) is 0 Å². The third-order valence-electron chi connectivity index (χ3n) is 0.905. The number of nitrogens with zero attached hydrogens (tertiary/aromatic N) is 2. The molecule has 0 aliphatic carbocycles. The lowest BCUT2D eigenvalue weighted by Gasteiger charge is -2.03. The highest BCUT2D eigenvalue weighted by atomic mass is 16.3. The number of nitrogens with two attached hydrogens (primary N) is 2.